The minimum Gasteiger partial charge on any atom is -0.478 e. The van der Waals surface area contributed by atoms with Crippen LogP contribution in [0.2, 0.25) is 0 Å². The van der Waals surface area contributed by atoms with Gasteiger partial charge in [-0.1, -0.05) is 26.2 Å². The summed E-state index contributed by atoms with van der Waals surface area (Å²) < 4.78 is 0. The molecular weight excluding hydrogens is 278 g/mol. The second-order valence-corrected chi connectivity index (χ2v) is 5.46. The molecule has 20 heavy (non-hydrogen) atoms. The number of carbonyl (C=O) groups excluding carboxylic acids is 2. The van der Waals surface area contributed by atoms with Crippen molar-refractivity contribution in [2.45, 2.75) is 45.4 Å². The zero-order valence-corrected chi connectivity index (χ0v) is 12.3. The van der Waals surface area contributed by atoms with Gasteiger partial charge in [-0.3, -0.25) is 9.59 Å². The van der Waals surface area contributed by atoms with Crippen molar-refractivity contribution in [3.63, 3.8) is 0 Å². The molecule has 1 heterocycles. The number of carbonyl (C=O) groups is 3. The summed E-state index contributed by atoms with van der Waals surface area (Å²) in [7, 11) is 0. The van der Waals surface area contributed by atoms with Crippen molar-refractivity contribution in [2.24, 2.45) is 0 Å². The molecule has 1 aromatic rings. The Morgan fingerprint density at radius 2 is 2.00 bits per heavy atom. The highest BCUT2D eigenvalue weighted by Gasteiger charge is 2.15. The Kier molecular flexibility index (Phi) is 6.93. The second-order valence-electron chi connectivity index (χ2n) is 4.54. The fourth-order valence-electron chi connectivity index (χ4n) is 1.76. The lowest BCUT2D eigenvalue weighted by Gasteiger charge is -2.04. The predicted molar refractivity (Wildman–Crippen MR) is 78.3 cm³/mol. The van der Waals surface area contributed by atoms with Gasteiger partial charge in [0.2, 0.25) is 5.91 Å². The molecular formula is C14H19NO4S. The first-order valence-electron chi connectivity index (χ1n) is 6.67. The van der Waals surface area contributed by atoms with Gasteiger partial charge in [-0.15, -0.1) is 11.3 Å². The number of unbranched alkanes of at least 4 members (excludes halogenated alkanes) is 3. The van der Waals surface area contributed by atoms with E-state index in [9.17, 15) is 14.4 Å². The monoisotopic (exact) mass is 297 g/mol. The summed E-state index contributed by atoms with van der Waals surface area (Å²) in [6, 6.07) is 1.43. The maximum Gasteiger partial charge on any atom is 0.338 e. The maximum atomic E-state index is 11.7. The van der Waals surface area contributed by atoms with E-state index in [4.69, 9.17) is 5.11 Å². The normalized spacial score (nSPS) is 10.2. The van der Waals surface area contributed by atoms with E-state index in [0.717, 1.165) is 37.0 Å². The van der Waals surface area contributed by atoms with Crippen molar-refractivity contribution < 1.29 is 19.5 Å². The van der Waals surface area contributed by atoms with Gasteiger partial charge in [0.05, 0.1) is 12.0 Å². The summed E-state index contributed by atoms with van der Waals surface area (Å²) in [6.07, 6.45) is 4.21. The number of carboxylic acids is 1. The molecule has 6 heteroatoms. The highest BCUT2D eigenvalue weighted by Crippen LogP contribution is 2.23. The first-order valence-corrected chi connectivity index (χ1v) is 7.55. The van der Waals surface area contributed by atoms with E-state index in [2.05, 4.69) is 12.2 Å². The highest BCUT2D eigenvalue weighted by molar-refractivity contribution is 7.14. The highest BCUT2D eigenvalue weighted by atomic mass is 32.1. The summed E-state index contributed by atoms with van der Waals surface area (Å²) in [5, 5.41) is 13.3. The molecule has 0 unspecified atom stereocenters. The lowest BCUT2D eigenvalue weighted by atomic mass is 10.1. The number of amides is 1. The molecule has 0 aliphatic carbocycles. The third-order valence-corrected chi connectivity index (χ3v) is 3.65. The van der Waals surface area contributed by atoms with Crippen LogP contribution in [0, 0.1) is 0 Å². The molecule has 0 aliphatic rings. The Labute approximate surface area is 122 Å². The molecule has 0 aliphatic heterocycles. The van der Waals surface area contributed by atoms with Crippen LogP contribution in [0.3, 0.4) is 0 Å². The minimum absolute atomic E-state index is 0.0544. The van der Waals surface area contributed by atoms with Gasteiger partial charge in [0, 0.05) is 6.42 Å². The van der Waals surface area contributed by atoms with Crippen molar-refractivity contribution in [3.8, 4) is 0 Å². The van der Waals surface area contributed by atoms with Crippen LogP contribution < -0.4 is 5.32 Å². The zero-order chi connectivity index (χ0) is 15.0. The van der Waals surface area contributed by atoms with Crippen molar-refractivity contribution in [1.29, 1.82) is 0 Å². The lowest BCUT2D eigenvalue weighted by molar-refractivity contribution is -0.125. The van der Waals surface area contributed by atoms with Gasteiger partial charge in [0.25, 0.3) is 0 Å². The quantitative estimate of drug-likeness (QED) is 0.541. The lowest BCUT2D eigenvalue weighted by Crippen LogP contribution is -2.17. The van der Waals surface area contributed by atoms with Crippen LogP contribution in [-0.2, 0) is 9.59 Å². The van der Waals surface area contributed by atoms with E-state index in [1.165, 1.54) is 6.07 Å². The van der Waals surface area contributed by atoms with Crippen LogP contribution in [0.5, 0.6) is 0 Å². The average Bonchev–Trinajstić information content (AvgIpc) is 2.82. The van der Waals surface area contributed by atoms with Crippen molar-refractivity contribution in [2.75, 3.05) is 5.32 Å². The second kappa shape index (κ2) is 8.47. The SMILES string of the molecule is CCCCCCC(=O)CC(=O)Nc1sccc1C(=O)O. The molecule has 0 aromatic carbocycles. The van der Waals surface area contributed by atoms with E-state index in [-0.39, 0.29) is 22.8 Å². The summed E-state index contributed by atoms with van der Waals surface area (Å²) in [5.41, 5.74) is 0.0544. The van der Waals surface area contributed by atoms with Crippen LogP contribution in [-0.4, -0.2) is 22.8 Å². The Morgan fingerprint density at radius 3 is 2.65 bits per heavy atom. The van der Waals surface area contributed by atoms with E-state index >= 15 is 0 Å². The van der Waals surface area contributed by atoms with E-state index in [0.29, 0.717) is 6.42 Å². The number of rotatable bonds is 9. The molecule has 1 aromatic heterocycles. The smallest absolute Gasteiger partial charge is 0.338 e. The first kappa shape index (κ1) is 16.4. The fraction of sp³-hybridized carbons (Fsp3) is 0.500. The number of aromatic carboxylic acids is 1. The zero-order valence-electron chi connectivity index (χ0n) is 11.5. The first-order chi connectivity index (χ1) is 9.54. The number of carboxylic acid groups (broad SMARTS) is 1. The predicted octanol–water partition coefficient (Wildman–Crippen LogP) is 3.31. The van der Waals surface area contributed by atoms with Crippen LogP contribution >= 0.6 is 11.3 Å². The molecule has 0 fully saturated rings. The molecule has 0 spiro atoms. The number of anilines is 1. The topological polar surface area (TPSA) is 83.5 Å². The van der Waals surface area contributed by atoms with E-state index < -0.39 is 11.9 Å². The Bertz CT molecular complexity index is 481. The Balaban J connectivity index is 2.37. The van der Waals surface area contributed by atoms with Crippen molar-refractivity contribution in [3.05, 3.63) is 17.0 Å². The average molecular weight is 297 g/mol. The third-order valence-electron chi connectivity index (χ3n) is 2.82. The summed E-state index contributed by atoms with van der Waals surface area (Å²) in [5.74, 6) is -1.64. The number of Topliss-reactive ketones (excluding diaryl/α,β-unsaturated/α-hetero) is 1. The van der Waals surface area contributed by atoms with Crippen molar-refractivity contribution >= 4 is 34.0 Å². The van der Waals surface area contributed by atoms with Gasteiger partial charge in [-0.25, -0.2) is 4.79 Å². The molecule has 5 nitrogen and oxygen atoms in total. The van der Waals surface area contributed by atoms with Crippen LogP contribution in [0.15, 0.2) is 11.4 Å². The number of hydrogen-bond acceptors (Lipinski definition) is 4. The van der Waals surface area contributed by atoms with E-state index in [1.807, 2.05) is 0 Å². The van der Waals surface area contributed by atoms with Gasteiger partial charge < -0.3 is 10.4 Å². The van der Waals surface area contributed by atoms with Gasteiger partial charge >= 0.3 is 5.97 Å². The number of hydrogen-bond donors (Lipinski definition) is 2. The molecule has 0 atom stereocenters. The molecule has 0 bridgehead atoms. The van der Waals surface area contributed by atoms with Gasteiger partial charge in [0.1, 0.15) is 10.8 Å². The van der Waals surface area contributed by atoms with Crippen molar-refractivity contribution in [1.82, 2.24) is 0 Å². The maximum absolute atomic E-state index is 11.7. The van der Waals surface area contributed by atoms with Crippen LogP contribution in [0.4, 0.5) is 5.00 Å². The Hall–Kier alpha value is -1.69. The van der Waals surface area contributed by atoms with Gasteiger partial charge in [-0.05, 0) is 17.9 Å². The third kappa shape index (κ3) is 5.52. The fourth-order valence-corrected chi connectivity index (χ4v) is 2.56. The van der Waals surface area contributed by atoms with Crippen LogP contribution in [0.1, 0.15) is 55.8 Å². The van der Waals surface area contributed by atoms with Gasteiger partial charge in [-0.2, -0.15) is 0 Å². The van der Waals surface area contributed by atoms with Crippen LogP contribution in [0.25, 0.3) is 0 Å². The number of nitrogens with one attached hydrogen (secondary N) is 1. The summed E-state index contributed by atoms with van der Waals surface area (Å²) in [4.78, 5) is 34.1. The molecule has 0 saturated carbocycles. The molecule has 110 valence electrons. The largest absolute Gasteiger partial charge is 0.478 e. The molecule has 0 saturated heterocycles. The standard InChI is InChI=1S/C14H19NO4S/c1-2-3-4-5-6-10(16)9-12(17)15-13-11(14(18)19)7-8-20-13/h7-8H,2-6,9H2,1H3,(H,15,17)(H,18,19). The summed E-state index contributed by atoms with van der Waals surface area (Å²) in [6.45, 7) is 2.09. The minimum atomic E-state index is -1.09. The molecule has 2 N–H and O–H groups in total. The molecule has 1 amide bonds. The Morgan fingerprint density at radius 1 is 1.25 bits per heavy atom. The van der Waals surface area contributed by atoms with E-state index in [1.54, 1.807) is 5.38 Å². The van der Waals surface area contributed by atoms with Gasteiger partial charge in [0.15, 0.2) is 0 Å². The number of thiophene rings is 1. The molecule has 0 radical (unpaired) electrons. The number of ketones is 1. The molecule has 1 rings (SSSR count). The summed E-state index contributed by atoms with van der Waals surface area (Å²) >= 11 is 1.13.